The third-order valence-corrected chi connectivity index (χ3v) is 3.95. The van der Waals surface area contributed by atoms with Crippen molar-refractivity contribution >= 4 is 10.0 Å². The summed E-state index contributed by atoms with van der Waals surface area (Å²) in [6.07, 6.45) is 0.547. The van der Waals surface area contributed by atoms with Crippen LogP contribution in [0.3, 0.4) is 0 Å². The van der Waals surface area contributed by atoms with Crippen LogP contribution in [0.25, 0.3) is 0 Å². The lowest BCUT2D eigenvalue weighted by Crippen LogP contribution is -2.22. The molecule has 0 saturated heterocycles. The van der Waals surface area contributed by atoms with Crippen molar-refractivity contribution in [3.63, 3.8) is 0 Å². The highest BCUT2D eigenvalue weighted by molar-refractivity contribution is 7.89. The summed E-state index contributed by atoms with van der Waals surface area (Å²) in [4.78, 5) is 0. The van der Waals surface area contributed by atoms with E-state index in [1.807, 2.05) is 0 Å². The maximum Gasteiger partial charge on any atom is 0.209 e. The molecule has 0 aliphatic carbocycles. The van der Waals surface area contributed by atoms with Crippen LogP contribution in [0.5, 0.6) is 0 Å². The van der Waals surface area contributed by atoms with Crippen LogP contribution in [-0.2, 0) is 23.1 Å². The molecule has 0 aliphatic rings. The van der Waals surface area contributed by atoms with Gasteiger partial charge in [0, 0.05) is 24.5 Å². The Kier molecular flexibility index (Phi) is 5.37. The van der Waals surface area contributed by atoms with Crippen molar-refractivity contribution in [1.29, 1.82) is 0 Å². The summed E-state index contributed by atoms with van der Waals surface area (Å²) in [7, 11) is -3.33. The first kappa shape index (κ1) is 15.2. The van der Waals surface area contributed by atoms with E-state index in [0.29, 0.717) is 13.0 Å². The van der Waals surface area contributed by atoms with Gasteiger partial charge in [0.1, 0.15) is 0 Å². The van der Waals surface area contributed by atoms with Crippen molar-refractivity contribution in [3.05, 3.63) is 23.0 Å². The molecule has 1 aromatic rings. The van der Waals surface area contributed by atoms with Gasteiger partial charge < -0.3 is 9.88 Å². The van der Waals surface area contributed by atoms with Crippen molar-refractivity contribution < 1.29 is 8.42 Å². The number of hydrogen-bond acceptors (Lipinski definition) is 3. The fraction of sp³-hybridized carbons (Fsp3) is 0.667. The molecule has 0 saturated carbocycles. The predicted octanol–water partition coefficient (Wildman–Crippen LogP) is 0.893. The summed E-state index contributed by atoms with van der Waals surface area (Å²) in [5.74, 6) is 0.0357. The number of aromatic nitrogens is 1. The van der Waals surface area contributed by atoms with Gasteiger partial charge in [-0.15, -0.1) is 0 Å². The van der Waals surface area contributed by atoms with E-state index in [1.165, 1.54) is 17.0 Å². The molecule has 5 nitrogen and oxygen atoms in total. The predicted molar refractivity (Wildman–Crippen MR) is 73.9 cm³/mol. The molecule has 3 N–H and O–H groups in total. The summed E-state index contributed by atoms with van der Waals surface area (Å²) in [6.45, 7) is 8.74. The Morgan fingerprint density at radius 3 is 2.56 bits per heavy atom. The molecule has 6 heteroatoms. The highest BCUT2D eigenvalue weighted by Gasteiger charge is 2.07. The number of hydrogen-bond donors (Lipinski definition) is 2. The first-order valence-corrected chi connectivity index (χ1v) is 7.93. The van der Waals surface area contributed by atoms with Gasteiger partial charge in [-0.25, -0.2) is 13.6 Å². The van der Waals surface area contributed by atoms with E-state index < -0.39 is 10.0 Å². The minimum atomic E-state index is -3.33. The standard InChI is InChI=1S/C12H23N3O2S/c1-4-15-10(2)8-12(11(15)3)9-14-6-5-7-18(13,16)17/h8,14H,4-7,9H2,1-3H3,(H2,13,16,17). The van der Waals surface area contributed by atoms with Crippen LogP contribution in [0.15, 0.2) is 6.07 Å². The molecule has 18 heavy (non-hydrogen) atoms. The normalized spacial score (nSPS) is 12.0. The lowest BCUT2D eigenvalue weighted by atomic mass is 10.2. The van der Waals surface area contributed by atoms with E-state index in [-0.39, 0.29) is 5.75 Å². The smallest absolute Gasteiger partial charge is 0.209 e. The molecule has 0 radical (unpaired) electrons. The number of aryl methyl sites for hydroxylation is 1. The second-order valence-electron chi connectivity index (χ2n) is 4.54. The third kappa shape index (κ3) is 4.44. The van der Waals surface area contributed by atoms with Gasteiger partial charge in [0.2, 0.25) is 10.0 Å². The highest BCUT2D eigenvalue weighted by atomic mass is 32.2. The van der Waals surface area contributed by atoms with Crippen LogP contribution in [0.2, 0.25) is 0 Å². The van der Waals surface area contributed by atoms with Gasteiger partial charge in [0.05, 0.1) is 5.75 Å². The molecule has 0 unspecified atom stereocenters. The fourth-order valence-electron chi connectivity index (χ4n) is 2.16. The quantitative estimate of drug-likeness (QED) is 0.724. The number of nitrogens with zero attached hydrogens (tertiary/aromatic N) is 1. The van der Waals surface area contributed by atoms with Crippen molar-refractivity contribution in [1.82, 2.24) is 9.88 Å². The van der Waals surface area contributed by atoms with Crippen molar-refractivity contribution in [2.24, 2.45) is 5.14 Å². The minimum Gasteiger partial charge on any atom is -0.349 e. The molecular formula is C12H23N3O2S. The summed E-state index contributed by atoms with van der Waals surface area (Å²) < 4.78 is 23.8. The topological polar surface area (TPSA) is 77.1 Å². The van der Waals surface area contributed by atoms with Gasteiger partial charge in [-0.3, -0.25) is 0 Å². The third-order valence-electron chi connectivity index (χ3n) is 3.09. The molecule has 0 aliphatic heterocycles. The number of primary sulfonamides is 1. The Bertz CT molecular complexity index is 492. The molecule has 1 heterocycles. The zero-order chi connectivity index (χ0) is 13.8. The molecule has 0 amide bonds. The molecule has 1 rings (SSSR count). The molecular weight excluding hydrogens is 250 g/mol. The zero-order valence-corrected chi connectivity index (χ0v) is 12.2. The van der Waals surface area contributed by atoms with E-state index >= 15 is 0 Å². The molecule has 0 spiro atoms. The van der Waals surface area contributed by atoms with Gasteiger partial charge in [0.25, 0.3) is 0 Å². The summed E-state index contributed by atoms with van der Waals surface area (Å²) >= 11 is 0. The Hall–Kier alpha value is -0.850. The second kappa shape index (κ2) is 6.36. The highest BCUT2D eigenvalue weighted by Crippen LogP contribution is 2.14. The van der Waals surface area contributed by atoms with E-state index in [4.69, 9.17) is 5.14 Å². The van der Waals surface area contributed by atoms with Gasteiger partial charge >= 0.3 is 0 Å². The number of nitrogens with two attached hydrogens (primary N) is 1. The van der Waals surface area contributed by atoms with Crippen molar-refractivity contribution in [3.8, 4) is 0 Å². The van der Waals surface area contributed by atoms with Gasteiger partial charge in [-0.2, -0.15) is 0 Å². The van der Waals surface area contributed by atoms with Crippen LogP contribution >= 0.6 is 0 Å². The molecule has 0 bridgehead atoms. The SMILES string of the molecule is CCn1c(C)cc(CNCCCS(N)(=O)=O)c1C. The Labute approximate surface area is 109 Å². The number of nitrogens with one attached hydrogen (secondary N) is 1. The zero-order valence-electron chi connectivity index (χ0n) is 11.4. The second-order valence-corrected chi connectivity index (χ2v) is 6.27. The van der Waals surface area contributed by atoms with Gasteiger partial charge in [0.15, 0.2) is 0 Å². The van der Waals surface area contributed by atoms with E-state index in [2.05, 4.69) is 36.7 Å². The van der Waals surface area contributed by atoms with Crippen LogP contribution in [0.1, 0.15) is 30.3 Å². The maximum absolute atomic E-state index is 10.8. The summed E-state index contributed by atoms with van der Waals surface area (Å²) in [6, 6.07) is 2.17. The Morgan fingerprint density at radius 1 is 1.39 bits per heavy atom. The largest absolute Gasteiger partial charge is 0.349 e. The first-order valence-electron chi connectivity index (χ1n) is 6.22. The monoisotopic (exact) mass is 273 g/mol. The van der Waals surface area contributed by atoms with Crippen molar-refractivity contribution in [2.75, 3.05) is 12.3 Å². The maximum atomic E-state index is 10.8. The minimum absolute atomic E-state index is 0.0357. The fourth-order valence-corrected chi connectivity index (χ4v) is 2.71. The van der Waals surface area contributed by atoms with Crippen molar-refractivity contribution in [2.45, 2.75) is 40.3 Å². The summed E-state index contributed by atoms with van der Waals surface area (Å²) in [5, 5.41) is 8.18. The first-order chi connectivity index (χ1) is 8.35. The molecule has 0 atom stereocenters. The van der Waals surface area contributed by atoms with E-state index in [1.54, 1.807) is 0 Å². The van der Waals surface area contributed by atoms with Gasteiger partial charge in [-0.05, 0) is 45.4 Å². The lowest BCUT2D eigenvalue weighted by Gasteiger charge is -2.07. The molecule has 104 valence electrons. The average molecular weight is 273 g/mol. The molecule has 0 aromatic carbocycles. The van der Waals surface area contributed by atoms with Gasteiger partial charge in [-0.1, -0.05) is 0 Å². The van der Waals surface area contributed by atoms with Crippen LogP contribution in [0, 0.1) is 13.8 Å². The Morgan fingerprint density at radius 2 is 2.06 bits per heavy atom. The van der Waals surface area contributed by atoms with Crippen LogP contribution < -0.4 is 10.5 Å². The van der Waals surface area contributed by atoms with Crippen LogP contribution in [-0.4, -0.2) is 25.3 Å². The van der Waals surface area contributed by atoms with E-state index in [0.717, 1.165) is 13.1 Å². The lowest BCUT2D eigenvalue weighted by molar-refractivity contribution is 0.590. The summed E-state index contributed by atoms with van der Waals surface area (Å²) in [5.41, 5.74) is 3.80. The average Bonchev–Trinajstić information content (AvgIpc) is 2.52. The number of rotatable bonds is 7. The van der Waals surface area contributed by atoms with E-state index in [9.17, 15) is 8.42 Å². The van der Waals surface area contributed by atoms with Crippen LogP contribution in [0.4, 0.5) is 0 Å². The number of sulfonamides is 1. The molecule has 0 fully saturated rings. The Balaban J connectivity index is 2.41. The molecule has 1 aromatic heterocycles.